The summed E-state index contributed by atoms with van der Waals surface area (Å²) in [5.41, 5.74) is 0.844. The van der Waals surface area contributed by atoms with Crippen LogP contribution in [0.4, 0.5) is 5.00 Å². The van der Waals surface area contributed by atoms with Gasteiger partial charge in [0.2, 0.25) is 0 Å². The molecule has 0 aliphatic heterocycles. The van der Waals surface area contributed by atoms with Crippen molar-refractivity contribution in [1.82, 2.24) is 0 Å². The van der Waals surface area contributed by atoms with Crippen LogP contribution in [-0.2, 0) is 4.79 Å². The van der Waals surface area contributed by atoms with Gasteiger partial charge in [-0.15, -0.1) is 11.3 Å². The molecule has 5 nitrogen and oxygen atoms in total. The molecular weight excluding hydrogens is 288 g/mol. The quantitative estimate of drug-likeness (QED) is 0.861. The minimum absolute atomic E-state index is 0.129. The molecule has 0 unspecified atom stereocenters. The number of hydrogen-bond donors (Lipinski definition) is 1. The molecule has 2 rings (SSSR count). The number of nitriles is 1. The Balaban J connectivity index is 1.99. The van der Waals surface area contributed by atoms with Gasteiger partial charge >= 0.3 is 0 Å². The molecule has 0 fully saturated rings. The van der Waals surface area contributed by atoms with Crippen molar-refractivity contribution in [3.8, 4) is 11.8 Å². The SMILES string of the molecule is CC(=O)c1ccccc1OCC(=O)Nc1sccc1C#N. The largest absolute Gasteiger partial charge is 0.483 e. The van der Waals surface area contributed by atoms with Crippen LogP contribution in [0, 0.1) is 11.3 Å². The van der Waals surface area contributed by atoms with Crippen molar-refractivity contribution >= 4 is 28.0 Å². The molecule has 106 valence electrons. The molecule has 0 atom stereocenters. The predicted molar refractivity (Wildman–Crippen MR) is 79.6 cm³/mol. The summed E-state index contributed by atoms with van der Waals surface area (Å²) in [6.45, 7) is 1.21. The molecule has 1 amide bonds. The zero-order chi connectivity index (χ0) is 15.2. The van der Waals surface area contributed by atoms with E-state index in [1.54, 1.807) is 35.7 Å². The molecule has 0 aliphatic rings. The third-order valence-corrected chi connectivity index (χ3v) is 3.49. The number of Topliss-reactive ketones (excluding diaryl/α,β-unsaturated/α-hetero) is 1. The van der Waals surface area contributed by atoms with E-state index in [1.165, 1.54) is 18.3 Å². The monoisotopic (exact) mass is 300 g/mol. The van der Waals surface area contributed by atoms with E-state index >= 15 is 0 Å². The zero-order valence-electron chi connectivity index (χ0n) is 11.3. The summed E-state index contributed by atoms with van der Waals surface area (Å²) in [6.07, 6.45) is 0. The number of para-hydroxylation sites is 1. The van der Waals surface area contributed by atoms with Gasteiger partial charge in [-0.3, -0.25) is 9.59 Å². The second kappa shape index (κ2) is 6.68. The Morgan fingerprint density at radius 3 is 2.81 bits per heavy atom. The van der Waals surface area contributed by atoms with E-state index in [9.17, 15) is 9.59 Å². The number of carbonyl (C=O) groups excluding carboxylic acids is 2. The molecule has 0 saturated carbocycles. The fourth-order valence-corrected chi connectivity index (χ4v) is 2.44. The number of ketones is 1. The van der Waals surface area contributed by atoms with E-state index in [0.717, 1.165) is 0 Å². The van der Waals surface area contributed by atoms with Crippen LogP contribution in [0.5, 0.6) is 5.75 Å². The number of nitrogens with zero attached hydrogens (tertiary/aromatic N) is 1. The van der Waals surface area contributed by atoms with Crippen LogP contribution in [0.1, 0.15) is 22.8 Å². The van der Waals surface area contributed by atoms with Crippen molar-refractivity contribution in [1.29, 1.82) is 5.26 Å². The van der Waals surface area contributed by atoms with Gasteiger partial charge in [0.15, 0.2) is 12.4 Å². The highest BCUT2D eigenvalue weighted by molar-refractivity contribution is 7.14. The van der Waals surface area contributed by atoms with Crippen LogP contribution >= 0.6 is 11.3 Å². The molecule has 1 N–H and O–H groups in total. The number of carbonyl (C=O) groups is 2. The summed E-state index contributed by atoms with van der Waals surface area (Å²) in [7, 11) is 0. The predicted octanol–water partition coefficient (Wildman–Crippen LogP) is 2.84. The number of ether oxygens (including phenoxy) is 1. The maximum absolute atomic E-state index is 11.8. The average molecular weight is 300 g/mol. The van der Waals surface area contributed by atoms with Gasteiger partial charge in [-0.2, -0.15) is 5.26 Å². The van der Waals surface area contributed by atoms with Crippen molar-refractivity contribution in [2.75, 3.05) is 11.9 Å². The Morgan fingerprint density at radius 2 is 2.10 bits per heavy atom. The molecule has 1 aromatic heterocycles. The van der Waals surface area contributed by atoms with Gasteiger partial charge in [0.05, 0.1) is 11.1 Å². The first kappa shape index (κ1) is 14.8. The van der Waals surface area contributed by atoms with Gasteiger partial charge in [0, 0.05) is 0 Å². The number of amides is 1. The van der Waals surface area contributed by atoms with Gasteiger partial charge in [-0.25, -0.2) is 0 Å². The molecular formula is C15H12N2O3S. The van der Waals surface area contributed by atoms with E-state index in [0.29, 0.717) is 21.9 Å². The van der Waals surface area contributed by atoms with Crippen molar-refractivity contribution in [3.05, 3.63) is 46.8 Å². The second-order valence-corrected chi connectivity index (χ2v) is 5.08. The summed E-state index contributed by atoms with van der Waals surface area (Å²) in [6, 6.07) is 10.4. The van der Waals surface area contributed by atoms with Crippen LogP contribution in [-0.4, -0.2) is 18.3 Å². The first-order valence-corrected chi connectivity index (χ1v) is 7.00. The highest BCUT2D eigenvalue weighted by atomic mass is 32.1. The molecule has 21 heavy (non-hydrogen) atoms. The van der Waals surface area contributed by atoms with E-state index in [2.05, 4.69) is 5.32 Å². The fourth-order valence-electron chi connectivity index (χ4n) is 1.68. The van der Waals surface area contributed by atoms with Gasteiger partial charge in [0.25, 0.3) is 5.91 Å². The van der Waals surface area contributed by atoms with E-state index in [1.807, 2.05) is 6.07 Å². The first-order chi connectivity index (χ1) is 10.1. The molecule has 0 aliphatic carbocycles. The lowest BCUT2D eigenvalue weighted by molar-refractivity contribution is -0.118. The highest BCUT2D eigenvalue weighted by Crippen LogP contribution is 2.22. The lowest BCUT2D eigenvalue weighted by Gasteiger charge is -2.09. The molecule has 0 bridgehead atoms. The smallest absolute Gasteiger partial charge is 0.262 e. The number of thiophene rings is 1. The van der Waals surface area contributed by atoms with Crippen LogP contribution in [0.15, 0.2) is 35.7 Å². The molecule has 2 aromatic rings. The van der Waals surface area contributed by atoms with Crippen LogP contribution in [0.25, 0.3) is 0 Å². The van der Waals surface area contributed by atoms with Crippen molar-refractivity contribution in [2.24, 2.45) is 0 Å². The van der Waals surface area contributed by atoms with Gasteiger partial charge in [-0.1, -0.05) is 12.1 Å². The Bertz CT molecular complexity index is 716. The van der Waals surface area contributed by atoms with E-state index in [4.69, 9.17) is 10.00 Å². The first-order valence-electron chi connectivity index (χ1n) is 6.12. The highest BCUT2D eigenvalue weighted by Gasteiger charge is 2.11. The maximum atomic E-state index is 11.8. The van der Waals surface area contributed by atoms with E-state index in [-0.39, 0.29) is 18.3 Å². The second-order valence-electron chi connectivity index (χ2n) is 4.16. The fraction of sp³-hybridized carbons (Fsp3) is 0.133. The van der Waals surface area contributed by atoms with Gasteiger partial charge in [-0.05, 0) is 30.5 Å². The van der Waals surface area contributed by atoms with Crippen LogP contribution in [0.2, 0.25) is 0 Å². The van der Waals surface area contributed by atoms with E-state index < -0.39 is 0 Å². The van der Waals surface area contributed by atoms with Crippen LogP contribution < -0.4 is 10.1 Å². The van der Waals surface area contributed by atoms with Gasteiger partial charge < -0.3 is 10.1 Å². The lowest BCUT2D eigenvalue weighted by atomic mass is 10.1. The number of anilines is 1. The lowest BCUT2D eigenvalue weighted by Crippen LogP contribution is -2.20. The number of nitrogens with one attached hydrogen (secondary N) is 1. The summed E-state index contributed by atoms with van der Waals surface area (Å²) in [4.78, 5) is 23.2. The summed E-state index contributed by atoms with van der Waals surface area (Å²) < 4.78 is 5.37. The van der Waals surface area contributed by atoms with Gasteiger partial charge in [0.1, 0.15) is 16.8 Å². The van der Waals surface area contributed by atoms with Crippen molar-refractivity contribution < 1.29 is 14.3 Å². The average Bonchev–Trinajstić information content (AvgIpc) is 2.92. The topological polar surface area (TPSA) is 79.2 Å². The van der Waals surface area contributed by atoms with Crippen LogP contribution in [0.3, 0.4) is 0 Å². The molecule has 6 heteroatoms. The molecule has 0 spiro atoms. The molecule has 0 saturated heterocycles. The molecule has 1 aromatic carbocycles. The number of benzene rings is 1. The van der Waals surface area contributed by atoms with Crippen molar-refractivity contribution in [2.45, 2.75) is 6.92 Å². The molecule has 1 heterocycles. The minimum Gasteiger partial charge on any atom is -0.483 e. The summed E-state index contributed by atoms with van der Waals surface area (Å²) >= 11 is 1.27. The third kappa shape index (κ3) is 3.68. The number of hydrogen-bond acceptors (Lipinski definition) is 5. The Hall–Kier alpha value is -2.65. The normalized spacial score (nSPS) is 9.71. The third-order valence-electron chi connectivity index (χ3n) is 2.66. The number of rotatable bonds is 5. The standard InChI is InChI=1S/C15H12N2O3S/c1-10(18)12-4-2-3-5-13(12)20-9-14(19)17-15-11(8-16)6-7-21-15/h2-7H,9H2,1H3,(H,17,19). The summed E-state index contributed by atoms with van der Waals surface area (Å²) in [5, 5.41) is 13.7. The minimum atomic E-state index is -0.382. The summed E-state index contributed by atoms with van der Waals surface area (Å²) in [5.74, 6) is -0.143. The molecule has 0 radical (unpaired) electrons. The Labute approximate surface area is 125 Å². The van der Waals surface area contributed by atoms with Crippen molar-refractivity contribution in [3.63, 3.8) is 0 Å². The Kier molecular flexibility index (Phi) is 4.69. The maximum Gasteiger partial charge on any atom is 0.262 e. The zero-order valence-corrected chi connectivity index (χ0v) is 12.1. The Morgan fingerprint density at radius 1 is 1.33 bits per heavy atom.